The van der Waals surface area contributed by atoms with Crippen LogP contribution in [0.25, 0.3) is 0 Å². The van der Waals surface area contributed by atoms with Crippen LogP contribution in [0.1, 0.15) is 12.8 Å². The van der Waals surface area contributed by atoms with E-state index in [-0.39, 0.29) is 38.4 Å². The standard InChI is InChI=1S/C22H46O7Si4.2C20H42O7Si4/c1-9-21(23)25-13-11-15-27-30(3)17-19-32(5,6)29-33(7,8)20-18-31(4)28-16-12-14-26-22(24)10-2;2*1-9-19(21)23-11-13-25-28(3)15-17-30(5,6)27-31(7,8)18-16-29(4)26-14-12-24-20(22)10-2/h9-10,30-31H,1-2,11-20H2,3-8H3;2*9-10,28-29H,1-2,11-18H2,3-8H3. The van der Waals surface area contributed by atoms with Crippen molar-refractivity contribution in [2.45, 2.75) is 203 Å². The summed E-state index contributed by atoms with van der Waals surface area (Å²) in [5.74, 6) is -2.41. The highest BCUT2D eigenvalue weighted by Gasteiger charge is 2.36. The molecule has 0 aliphatic rings. The lowest BCUT2D eigenvalue weighted by Gasteiger charge is -2.35. The van der Waals surface area contributed by atoms with E-state index in [1.165, 1.54) is 12.2 Å². The van der Waals surface area contributed by atoms with Crippen molar-refractivity contribution in [2.24, 2.45) is 0 Å². The minimum absolute atomic E-state index is 0.278. The number of ether oxygens (including phenoxy) is 6. The number of rotatable bonds is 56. The van der Waals surface area contributed by atoms with Gasteiger partial charge in [-0.2, -0.15) is 0 Å². The minimum atomic E-state index is -1.77. The van der Waals surface area contributed by atoms with Crippen LogP contribution in [-0.4, -0.2) is 219 Å². The second-order valence-electron chi connectivity index (χ2n) is 27.1. The molecule has 0 aromatic rings. The molecule has 6 unspecified atom stereocenters. The van der Waals surface area contributed by atoms with E-state index in [9.17, 15) is 28.8 Å². The molecular weight excluding hydrogens is 1420 g/mol. The summed E-state index contributed by atoms with van der Waals surface area (Å²) in [4.78, 5) is 66.1. The topological polar surface area (TPSA) is 241 Å². The fraction of sp³-hybridized carbons (Fsp3) is 0.710. The van der Waals surface area contributed by atoms with E-state index in [0.717, 1.165) is 110 Å². The van der Waals surface area contributed by atoms with Gasteiger partial charge in [-0.05, 0) is 190 Å². The smallest absolute Gasteiger partial charge is 0.330 e. The zero-order valence-corrected chi connectivity index (χ0v) is 75.1. The van der Waals surface area contributed by atoms with Gasteiger partial charge in [-0.25, -0.2) is 28.8 Å². The van der Waals surface area contributed by atoms with Gasteiger partial charge < -0.3 is 67.3 Å². The zero-order valence-electron chi connectivity index (χ0n) is 62.1. The monoisotopic (exact) mass is 1550 g/mol. The molecule has 0 rings (SSSR count). The van der Waals surface area contributed by atoms with Gasteiger partial charge in [0.1, 0.15) is 26.4 Å². The molecule has 552 valence electrons. The number of esters is 6. The molecule has 6 atom stereocenters. The Balaban J connectivity index is -0.00000134. The summed E-state index contributed by atoms with van der Waals surface area (Å²) in [6, 6.07) is 13.1. The lowest BCUT2D eigenvalue weighted by molar-refractivity contribution is -0.139. The fourth-order valence-electron chi connectivity index (χ4n) is 9.31. The van der Waals surface area contributed by atoms with E-state index in [4.69, 9.17) is 67.3 Å². The Kier molecular flexibility index (Phi) is 56.2. The predicted octanol–water partition coefficient (Wildman–Crippen LogP) is 11.6. The Labute approximate surface area is 590 Å². The average molecular weight is 1550 g/mol. The summed E-state index contributed by atoms with van der Waals surface area (Å²) in [6.45, 7) is 66.0. The van der Waals surface area contributed by atoms with Crippen LogP contribution in [0, 0.1) is 0 Å². The van der Waals surface area contributed by atoms with E-state index in [1.54, 1.807) is 0 Å². The largest absolute Gasteiger partial charge is 0.462 e. The van der Waals surface area contributed by atoms with Crippen molar-refractivity contribution < 1.29 is 96.1 Å². The quantitative estimate of drug-likeness (QED) is 0.0181. The molecule has 0 bridgehead atoms. The van der Waals surface area contributed by atoms with Crippen molar-refractivity contribution in [3.63, 3.8) is 0 Å². The normalized spacial score (nSPS) is 13.8. The Morgan fingerprint density at radius 1 is 0.253 bits per heavy atom. The van der Waals surface area contributed by atoms with Crippen LogP contribution in [0.2, 0.25) is 190 Å². The number of hydrogen-bond acceptors (Lipinski definition) is 21. The van der Waals surface area contributed by atoms with Crippen molar-refractivity contribution in [1.29, 1.82) is 0 Å². The first-order chi connectivity index (χ1) is 44.2. The van der Waals surface area contributed by atoms with Gasteiger partial charge in [0.05, 0.1) is 39.6 Å². The molecule has 0 radical (unpaired) electrons. The first-order valence-electron chi connectivity index (χ1n) is 33.8. The minimum Gasteiger partial charge on any atom is -0.462 e. The number of hydrogen-bond donors (Lipinski definition) is 0. The third-order valence-electron chi connectivity index (χ3n) is 14.4. The molecule has 95 heavy (non-hydrogen) atoms. The van der Waals surface area contributed by atoms with Crippen LogP contribution in [-0.2, 0) is 96.1 Å². The maximum absolute atomic E-state index is 11.0. The maximum Gasteiger partial charge on any atom is 0.330 e. The highest BCUT2D eigenvalue weighted by molar-refractivity contribution is 6.87. The van der Waals surface area contributed by atoms with Gasteiger partial charge in [-0.15, -0.1) is 0 Å². The summed E-state index contributed by atoms with van der Waals surface area (Å²) in [6.07, 6.45) is 8.44. The SMILES string of the molecule is C=CC(=O)OCCCO[SiH](C)CC[Si](C)(C)O[Si](C)(C)CC[SiH](C)OCCCOC(=O)C=C.C=CC(=O)OCCO[SiH](C)CC[Si](C)(C)O[Si](C)(C)CC[SiH](C)OCCOC(=O)C=C.C=CC(=O)OCCO[SiH](C)CC[Si](C)(C)O[Si](C)(C)CC[SiH](C)OCCOC(=O)C=C. The van der Waals surface area contributed by atoms with Gasteiger partial charge in [0, 0.05) is 62.5 Å². The van der Waals surface area contributed by atoms with E-state index < -0.39 is 128 Å². The lowest BCUT2D eigenvalue weighted by atomic mass is 10.5. The number of carbonyl (C=O) groups excluding carboxylic acids is 6. The Morgan fingerprint density at radius 3 is 0.558 bits per heavy atom. The lowest BCUT2D eigenvalue weighted by Crippen LogP contribution is -2.45. The van der Waals surface area contributed by atoms with E-state index >= 15 is 0 Å². The highest BCUT2D eigenvalue weighted by Crippen LogP contribution is 2.29. The van der Waals surface area contributed by atoms with Gasteiger partial charge in [-0.1, -0.05) is 39.5 Å². The van der Waals surface area contributed by atoms with Gasteiger partial charge in [-0.3, -0.25) is 0 Å². The molecule has 0 aromatic heterocycles. The summed E-state index contributed by atoms with van der Waals surface area (Å²) in [5.41, 5.74) is 0. The molecule has 0 N–H and O–H groups in total. The van der Waals surface area contributed by atoms with E-state index in [0.29, 0.717) is 52.9 Å². The molecule has 0 amide bonds. The van der Waals surface area contributed by atoms with Crippen LogP contribution in [0.4, 0.5) is 0 Å². The van der Waals surface area contributed by atoms with Crippen LogP contribution in [0.5, 0.6) is 0 Å². The molecule has 0 fully saturated rings. The van der Waals surface area contributed by atoms with Crippen LogP contribution < -0.4 is 0 Å². The first-order valence-corrected chi connectivity index (χ1v) is 67.1. The predicted molar refractivity (Wildman–Crippen MR) is 416 cm³/mol. The second-order valence-corrected chi connectivity index (χ2v) is 68.9. The molecule has 21 nitrogen and oxygen atoms in total. The second kappa shape index (κ2) is 55.2. The van der Waals surface area contributed by atoms with Crippen molar-refractivity contribution in [3.05, 3.63) is 75.9 Å². The summed E-state index contributed by atoms with van der Waals surface area (Å²) >= 11 is 0. The van der Waals surface area contributed by atoms with E-state index in [1.807, 2.05) is 0 Å². The first kappa shape index (κ1) is 96.7. The van der Waals surface area contributed by atoms with Crippen molar-refractivity contribution >= 4 is 140 Å². The summed E-state index contributed by atoms with van der Waals surface area (Å²) < 4.78 is 85.4. The molecule has 0 spiro atoms. The van der Waals surface area contributed by atoms with Crippen LogP contribution >= 0.6 is 0 Å². The van der Waals surface area contributed by atoms with E-state index in [2.05, 4.69) is 157 Å². The van der Waals surface area contributed by atoms with Crippen molar-refractivity contribution in [1.82, 2.24) is 0 Å². The summed E-state index contributed by atoms with van der Waals surface area (Å²) in [7, 11) is -18.3. The van der Waals surface area contributed by atoms with Crippen molar-refractivity contribution in [3.8, 4) is 0 Å². The molecule has 0 saturated carbocycles. The average Bonchev–Trinajstić information content (AvgIpc) is 0.955. The van der Waals surface area contributed by atoms with Gasteiger partial charge in [0.25, 0.3) is 0 Å². The third kappa shape index (κ3) is 63.4. The molecule has 0 saturated heterocycles. The Bertz CT molecular complexity index is 1970. The summed E-state index contributed by atoms with van der Waals surface area (Å²) in [5, 5.41) is 0. The Morgan fingerprint density at radius 2 is 0.400 bits per heavy atom. The molecule has 0 aliphatic heterocycles. The number of carbonyl (C=O) groups is 6. The third-order valence-corrected chi connectivity index (χ3v) is 51.5. The van der Waals surface area contributed by atoms with Crippen molar-refractivity contribution in [2.75, 3.05) is 79.3 Å². The fourth-order valence-corrected chi connectivity index (χ4v) is 60.3. The van der Waals surface area contributed by atoms with Crippen LogP contribution in [0.15, 0.2) is 75.9 Å². The molecule has 0 aromatic carbocycles. The molecule has 33 heteroatoms. The molecule has 0 aliphatic carbocycles. The highest BCUT2D eigenvalue weighted by atomic mass is 28.4. The van der Waals surface area contributed by atoms with Gasteiger partial charge in [0.15, 0.2) is 104 Å². The zero-order chi connectivity index (χ0) is 73.2. The Hall–Kier alpha value is -2.50. The maximum atomic E-state index is 11.0. The van der Waals surface area contributed by atoms with Gasteiger partial charge in [0.2, 0.25) is 0 Å². The van der Waals surface area contributed by atoms with Crippen LogP contribution in [0.3, 0.4) is 0 Å². The molecule has 0 heterocycles. The molecular formula is C62H130O21Si12. The van der Waals surface area contributed by atoms with Gasteiger partial charge >= 0.3 is 35.8 Å².